The van der Waals surface area contributed by atoms with Gasteiger partial charge in [0.1, 0.15) is 0 Å². The molecule has 19 heavy (non-hydrogen) atoms. The van der Waals surface area contributed by atoms with E-state index in [1.165, 1.54) is 0 Å². The van der Waals surface area contributed by atoms with Crippen LogP contribution in [0.4, 0.5) is 0 Å². The summed E-state index contributed by atoms with van der Waals surface area (Å²) < 4.78 is 23.9. The molecule has 0 aliphatic rings. The summed E-state index contributed by atoms with van der Waals surface area (Å²) in [7, 11) is -3.09. The molecule has 0 atom stereocenters. The molecule has 0 spiro atoms. The van der Waals surface area contributed by atoms with Crippen molar-refractivity contribution in [1.29, 1.82) is 0 Å². The van der Waals surface area contributed by atoms with Crippen molar-refractivity contribution in [3.63, 3.8) is 0 Å². The predicted molar refractivity (Wildman–Crippen MR) is 79.4 cm³/mol. The zero-order valence-electron chi connectivity index (χ0n) is 10.6. The molecule has 0 saturated carbocycles. The zero-order valence-corrected chi connectivity index (χ0v) is 11.4. The minimum Gasteiger partial charge on any atom is -0.228 e. The lowest BCUT2D eigenvalue weighted by Gasteiger charge is -2.01. The van der Waals surface area contributed by atoms with E-state index in [2.05, 4.69) is 0 Å². The van der Waals surface area contributed by atoms with Crippen LogP contribution in [0.15, 0.2) is 66.7 Å². The van der Waals surface area contributed by atoms with Crippen molar-refractivity contribution in [2.45, 2.75) is 5.75 Å². The number of rotatable bonds is 5. The van der Waals surface area contributed by atoms with Gasteiger partial charge in [0.05, 0.1) is 11.5 Å². The van der Waals surface area contributed by atoms with Gasteiger partial charge in [0, 0.05) is 0 Å². The molecule has 0 amide bonds. The smallest absolute Gasteiger partial charge is 0.157 e. The summed E-state index contributed by atoms with van der Waals surface area (Å²) in [5.74, 6) is 0.157. The molecule has 0 N–H and O–H groups in total. The van der Waals surface area contributed by atoms with E-state index in [1.807, 2.05) is 66.7 Å². The van der Waals surface area contributed by atoms with Crippen molar-refractivity contribution in [3.05, 3.63) is 77.9 Å². The van der Waals surface area contributed by atoms with Crippen LogP contribution in [0.5, 0.6) is 0 Å². The second-order valence-electron chi connectivity index (χ2n) is 4.35. The van der Waals surface area contributed by atoms with Gasteiger partial charge in [-0.3, -0.25) is 0 Å². The van der Waals surface area contributed by atoms with E-state index < -0.39 is 9.84 Å². The van der Waals surface area contributed by atoms with Crippen LogP contribution in [0.1, 0.15) is 11.1 Å². The monoisotopic (exact) mass is 272 g/mol. The summed E-state index contributed by atoms with van der Waals surface area (Å²) >= 11 is 0. The molecule has 2 rings (SSSR count). The third-order valence-electron chi connectivity index (χ3n) is 2.69. The highest BCUT2D eigenvalue weighted by Gasteiger charge is 2.09. The van der Waals surface area contributed by atoms with Gasteiger partial charge < -0.3 is 0 Å². The van der Waals surface area contributed by atoms with Crippen LogP contribution in [0, 0.1) is 0 Å². The third kappa shape index (κ3) is 4.72. The molecule has 0 aromatic heterocycles. The number of hydrogen-bond acceptors (Lipinski definition) is 2. The molecule has 0 heterocycles. The third-order valence-corrected chi connectivity index (χ3v) is 4.16. The highest BCUT2D eigenvalue weighted by Crippen LogP contribution is 2.07. The normalized spacial score (nSPS) is 11.8. The summed E-state index contributed by atoms with van der Waals surface area (Å²) in [6, 6.07) is 18.9. The van der Waals surface area contributed by atoms with E-state index in [0.717, 1.165) is 11.1 Å². The molecule has 2 nitrogen and oxygen atoms in total. The fourth-order valence-electron chi connectivity index (χ4n) is 1.78. The van der Waals surface area contributed by atoms with E-state index in [0.29, 0.717) is 0 Å². The Morgan fingerprint density at radius 2 is 1.42 bits per heavy atom. The summed E-state index contributed by atoms with van der Waals surface area (Å²) in [5.41, 5.74) is 1.84. The van der Waals surface area contributed by atoms with Gasteiger partial charge in [-0.1, -0.05) is 72.8 Å². The summed E-state index contributed by atoms with van der Waals surface area (Å²) in [5, 5.41) is 0. The summed E-state index contributed by atoms with van der Waals surface area (Å²) in [6.45, 7) is 0. The van der Waals surface area contributed by atoms with Crippen molar-refractivity contribution in [2.24, 2.45) is 0 Å². The second kappa shape index (κ2) is 6.34. The molecule has 0 radical (unpaired) electrons. The van der Waals surface area contributed by atoms with E-state index in [4.69, 9.17) is 0 Å². The predicted octanol–water partition coefficient (Wildman–Crippen LogP) is 3.31. The van der Waals surface area contributed by atoms with Crippen LogP contribution in [0.3, 0.4) is 0 Å². The molecule has 3 heteroatoms. The average Bonchev–Trinajstić information content (AvgIpc) is 2.40. The van der Waals surface area contributed by atoms with Crippen molar-refractivity contribution < 1.29 is 8.42 Å². The largest absolute Gasteiger partial charge is 0.228 e. The average molecular weight is 272 g/mol. The number of sulfone groups is 1. The van der Waals surface area contributed by atoms with Gasteiger partial charge in [-0.25, -0.2) is 8.42 Å². The van der Waals surface area contributed by atoms with Crippen LogP contribution in [0.2, 0.25) is 0 Å². The van der Waals surface area contributed by atoms with Gasteiger partial charge in [-0.2, -0.15) is 0 Å². The van der Waals surface area contributed by atoms with Gasteiger partial charge in [-0.15, -0.1) is 0 Å². The Bertz CT molecular complexity index is 629. The molecule has 0 unspecified atom stereocenters. The van der Waals surface area contributed by atoms with Crippen molar-refractivity contribution in [2.75, 3.05) is 5.75 Å². The number of hydrogen-bond donors (Lipinski definition) is 0. The van der Waals surface area contributed by atoms with Gasteiger partial charge in [-0.05, 0) is 11.1 Å². The Labute approximate surface area is 114 Å². The molecule has 2 aromatic carbocycles. The molecule has 98 valence electrons. The maximum absolute atomic E-state index is 11.9. The van der Waals surface area contributed by atoms with E-state index in [9.17, 15) is 8.42 Å². The molecule has 0 aliphatic carbocycles. The lowest BCUT2D eigenvalue weighted by atomic mass is 10.2. The molecule has 2 aromatic rings. The SMILES string of the molecule is O=S(=O)(CC=Cc1ccccc1)Cc1ccccc1. The van der Waals surface area contributed by atoms with Gasteiger partial charge in [0.15, 0.2) is 9.84 Å². The highest BCUT2D eigenvalue weighted by atomic mass is 32.2. The maximum Gasteiger partial charge on any atom is 0.157 e. The van der Waals surface area contributed by atoms with Crippen molar-refractivity contribution >= 4 is 15.9 Å². The first kappa shape index (κ1) is 13.6. The lowest BCUT2D eigenvalue weighted by Crippen LogP contribution is -2.07. The summed E-state index contributed by atoms with van der Waals surface area (Å²) in [4.78, 5) is 0. The summed E-state index contributed by atoms with van der Waals surface area (Å²) in [6.07, 6.45) is 3.54. The molecule has 0 saturated heterocycles. The maximum atomic E-state index is 11.9. The first-order valence-corrected chi connectivity index (χ1v) is 7.94. The zero-order chi connectivity index (χ0) is 13.6. The van der Waals surface area contributed by atoms with Crippen molar-refractivity contribution in [1.82, 2.24) is 0 Å². The Hall–Kier alpha value is -1.87. The lowest BCUT2D eigenvalue weighted by molar-refractivity contribution is 0.598. The fourth-order valence-corrected chi connectivity index (χ4v) is 2.99. The van der Waals surface area contributed by atoms with E-state index in [-0.39, 0.29) is 11.5 Å². The van der Waals surface area contributed by atoms with E-state index >= 15 is 0 Å². The van der Waals surface area contributed by atoms with Gasteiger partial charge in [0.25, 0.3) is 0 Å². The first-order valence-electron chi connectivity index (χ1n) is 6.12. The van der Waals surface area contributed by atoms with Crippen LogP contribution in [-0.4, -0.2) is 14.2 Å². The van der Waals surface area contributed by atoms with Crippen molar-refractivity contribution in [3.8, 4) is 0 Å². The van der Waals surface area contributed by atoms with Crippen LogP contribution < -0.4 is 0 Å². The Kier molecular flexibility index (Phi) is 4.53. The topological polar surface area (TPSA) is 34.1 Å². The minimum absolute atomic E-state index is 0.0663. The van der Waals surface area contributed by atoms with Crippen LogP contribution in [-0.2, 0) is 15.6 Å². The second-order valence-corrected chi connectivity index (χ2v) is 6.46. The van der Waals surface area contributed by atoms with Gasteiger partial charge in [0.2, 0.25) is 0 Å². The van der Waals surface area contributed by atoms with Crippen LogP contribution in [0.25, 0.3) is 6.08 Å². The molecule has 0 bridgehead atoms. The number of benzene rings is 2. The quantitative estimate of drug-likeness (QED) is 0.836. The Morgan fingerprint density at radius 3 is 2.05 bits per heavy atom. The Morgan fingerprint density at radius 1 is 0.842 bits per heavy atom. The standard InChI is InChI=1S/C16H16O2S/c17-19(18,14-16-10-5-2-6-11-16)13-7-12-15-8-3-1-4-9-15/h1-12H,13-14H2. The van der Waals surface area contributed by atoms with Gasteiger partial charge >= 0.3 is 0 Å². The molecule has 0 aliphatic heterocycles. The minimum atomic E-state index is -3.09. The van der Waals surface area contributed by atoms with E-state index in [1.54, 1.807) is 6.08 Å². The molecular weight excluding hydrogens is 256 g/mol. The molecular formula is C16H16O2S. The van der Waals surface area contributed by atoms with Crippen LogP contribution >= 0.6 is 0 Å². The fraction of sp³-hybridized carbons (Fsp3) is 0.125. The first-order chi connectivity index (χ1) is 9.16. The molecule has 0 fully saturated rings. The highest BCUT2D eigenvalue weighted by molar-refractivity contribution is 7.90. The Balaban J connectivity index is 1.97.